The molecule has 0 bridgehead atoms. The average molecular weight is 456 g/mol. The van der Waals surface area contributed by atoms with Crippen LogP contribution >= 0.6 is 0 Å². The van der Waals surface area contributed by atoms with Crippen LogP contribution in [0.3, 0.4) is 0 Å². The van der Waals surface area contributed by atoms with Gasteiger partial charge in [-0.05, 0) is 67.4 Å². The molecule has 2 amide bonds. The lowest BCUT2D eigenvalue weighted by molar-refractivity contribution is 0.256. The second-order valence-electron chi connectivity index (χ2n) is 8.65. The van der Waals surface area contributed by atoms with Crippen molar-refractivity contribution < 1.29 is 9.53 Å². The quantitative estimate of drug-likeness (QED) is 0.363. The minimum atomic E-state index is -0.559. The second kappa shape index (κ2) is 9.97. The fraction of sp³-hybridized carbons (Fsp3) is 0.259. The molecule has 7 heteroatoms. The number of hydrogen-bond donors (Lipinski definition) is 2. The molecule has 1 aliphatic rings. The number of benzene rings is 3. The van der Waals surface area contributed by atoms with E-state index in [1.54, 1.807) is 0 Å². The van der Waals surface area contributed by atoms with Crippen molar-refractivity contribution >= 4 is 28.3 Å². The largest absolute Gasteiger partial charge is 0.457 e. The molecule has 1 aromatic heterocycles. The lowest BCUT2D eigenvalue weighted by Gasteiger charge is -2.21. The molecule has 4 aromatic rings. The van der Waals surface area contributed by atoms with Crippen molar-refractivity contribution in [1.29, 1.82) is 0 Å². The van der Waals surface area contributed by atoms with E-state index in [0.717, 1.165) is 29.7 Å². The number of amides is 2. The van der Waals surface area contributed by atoms with Gasteiger partial charge >= 0.3 is 6.03 Å². The van der Waals surface area contributed by atoms with Gasteiger partial charge < -0.3 is 15.8 Å². The van der Waals surface area contributed by atoms with Crippen LogP contribution in [0, 0.1) is 0 Å². The maximum atomic E-state index is 12.4. The molecule has 0 unspecified atom stereocenters. The summed E-state index contributed by atoms with van der Waals surface area (Å²) < 4.78 is 7.81. The highest BCUT2D eigenvalue weighted by Gasteiger charge is 2.17. The zero-order valence-corrected chi connectivity index (χ0v) is 19.1. The van der Waals surface area contributed by atoms with Crippen LogP contribution in [0.5, 0.6) is 11.5 Å². The summed E-state index contributed by atoms with van der Waals surface area (Å²) in [7, 11) is 0. The van der Waals surface area contributed by atoms with Crippen LogP contribution in [-0.4, -0.2) is 28.4 Å². The van der Waals surface area contributed by atoms with E-state index in [9.17, 15) is 4.79 Å². The Bertz CT molecular complexity index is 1250. The van der Waals surface area contributed by atoms with E-state index in [-0.39, 0.29) is 0 Å². The Morgan fingerprint density at radius 1 is 1.00 bits per heavy atom. The Labute approximate surface area is 199 Å². The van der Waals surface area contributed by atoms with Gasteiger partial charge in [0.15, 0.2) is 0 Å². The molecule has 1 aliphatic carbocycles. The maximum absolute atomic E-state index is 12.4. The number of nitrogens with one attached hydrogen (secondary N) is 1. The number of nitrogens with zero attached hydrogens (tertiary/aromatic N) is 3. The standard InChI is InChI=1S/C27H29N5O2/c28-27(33)32(22-12-14-25(15-13-22)34-24-8-2-1-3-9-24)23-11-10-20-19-31(30-26(20)18-23)17-16-29-21-6-4-5-7-21/h1-3,8-15,18-19,21,29H,4-7,16-17H2,(H2,28,33). The number of carbonyl (C=O) groups excluding carboxylic acids is 1. The first-order valence-electron chi connectivity index (χ1n) is 11.8. The molecule has 174 valence electrons. The van der Waals surface area contributed by atoms with E-state index >= 15 is 0 Å². The lowest BCUT2D eigenvalue weighted by Crippen LogP contribution is -2.31. The molecule has 5 rings (SSSR count). The third kappa shape index (κ3) is 5.05. The summed E-state index contributed by atoms with van der Waals surface area (Å²) in [5, 5.41) is 9.36. The summed E-state index contributed by atoms with van der Waals surface area (Å²) in [5.74, 6) is 1.43. The second-order valence-corrected chi connectivity index (χ2v) is 8.65. The minimum Gasteiger partial charge on any atom is -0.457 e. The summed E-state index contributed by atoms with van der Waals surface area (Å²) in [6.45, 7) is 1.71. The lowest BCUT2D eigenvalue weighted by atomic mass is 10.2. The number of anilines is 2. The van der Waals surface area contributed by atoms with Gasteiger partial charge in [-0.15, -0.1) is 0 Å². The van der Waals surface area contributed by atoms with E-state index in [1.165, 1.54) is 30.6 Å². The zero-order valence-electron chi connectivity index (χ0n) is 19.1. The molecule has 3 aromatic carbocycles. The Hall–Kier alpha value is -3.84. The molecular weight excluding hydrogens is 426 g/mol. The van der Waals surface area contributed by atoms with E-state index < -0.39 is 6.03 Å². The third-order valence-electron chi connectivity index (χ3n) is 6.22. The van der Waals surface area contributed by atoms with Gasteiger partial charge in [-0.25, -0.2) is 4.79 Å². The predicted octanol–water partition coefficient (Wildman–Crippen LogP) is 5.58. The normalized spacial score (nSPS) is 13.9. The number of primary amides is 1. The van der Waals surface area contributed by atoms with Crippen molar-refractivity contribution in [3.63, 3.8) is 0 Å². The summed E-state index contributed by atoms with van der Waals surface area (Å²) in [6.07, 6.45) is 7.23. The Morgan fingerprint density at radius 3 is 2.44 bits per heavy atom. The van der Waals surface area contributed by atoms with Crippen LogP contribution in [0.15, 0.2) is 79.0 Å². The number of urea groups is 1. The Kier molecular flexibility index (Phi) is 6.44. The van der Waals surface area contributed by atoms with Crippen LogP contribution in [0.25, 0.3) is 10.9 Å². The third-order valence-corrected chi connectivity index (χ3v) is 6.22. The molecule has 0 aliphatic heterocycles. The van der Waals surface area contributed by atoms with E-state index in [0.29, 0.717) is 23.2 Å². The fourth-order valence-electron chi connectivity index (χ4n) is 4.51. The van der Waals surface area contributed by atoms with Crippen LogP contribution in [0.4, 0.5) is 16.2 Å². The van der Waals surface area contributed by atoms with Crippen LogP contribution < -0.4 is 20.7 Å². The first-order chi connectivity index (χ1) is 16.7. The average Bonchev–Trinajstić information content (AvgIpc) is 3.50. The van der Waals surface area contributed by atoms with Crippen LogP contribution in [0.1, 0.15) is 25.7 Å². The predicted molar refractivity (Wildman–Crippen MR) is 135 cm³/mol. The van der Waals surface area contributed by atoms with Crippen molar-refractivity contribution in [2.45, 2.75) is 38.3 Å². The molecule has 34 heavy (non-hydrogen) atoms. The highest BCUT2D eigenvalue weighted by Crippen LogP contribution is 2.30. The highest BCUT2D eigenvalue weighted by atomic mass is 16.5. The Morgan fingerprint density at radius 2 is 1.71 bits per heavy atom. The van der Waals surface area contributed by atoms with Gasteiger partial charge in [0.1, 0.15) is 11.5 Å². The van der Waals surface area contributed by atoms with Gasteiger partial charge in [-0.3, -0.25) is 9.58 Å². The van der Waals surface area contributed by atoms with Crippen molar-refractivity contribution in [3.8, 4) is 11.5 Å². The van der Waals surface area contributed by atoms with Gasteiger partial charge in [0.05, 0.1) is 23.4 Å². The molecule has 3 N–H and O–H groups in total. The number of carbonyl (C=O) groups is 1. The number of aromatic nitrogens is 2. The number of ether oxygens (including phenoxy) is 1. The smallest absolute Gasteiger partial charge is 0.323 e. The number of rotatable bonds is 8. The minimum absolute atomic E-state index is 0.559. The topological polar surface area (TPSA) is 85.4 Å². The molecule has 7 nitrogen and oxygen atoms in total. The van der Waals surface area contributed by atoms with E-state index in [2.05, 4.69) is 5.32 Å². The van der Waals surface area contributed by atoms with Crippen molar-refractivity contribution in [3.05, 3.63) is 79.0 Å². The SMILES string of the molecule is NC(=O)N(c1ccc(Oc2ccccc2)cc1)c1ccc2cn(CCNC3CCCC3)nc2c1. The molecule has 0 atom stereocenters. The van der Waals surface area contributed by atoms with Crippen LogP contribution in [-0.2, 0) is 6.54 Å². The first-order valence-corrected chi connectivity index (χ1v) is 11.8. The fourth-order valence-corrected chi connectivity index (χ4v) is 4.51. The van der Waals surface area contributed by atoms with Gasteiger partial charge in [0, 0.05) is 24.2 Å². The van der Waals surface area contributed by atoms with Gasteiger partial charge in [-0.2, -0.15) is 5.10 Å². The summed E-state index contributed by atoms with van der Waals surface area (Å²) in [6, 6.07) is 22.7. The number of fused-ring (bicyclic) bond motifs is 1. The number of hydrogen-bond acceptors (Lipinski definition) is 4. The van der Waals surface area contributed by atoms with Gasteiger partial charge in [0.2, 0.25) is 0 Å². The molecule has 0 saturated heterocycles. The molecule has 1 heterocycles. The molecule has 1 fully saturated rings. The molecular formula is C27H29N5O2. The van der Waals surface area contributed by atoms with Crippen LogP contribution in [0.2, 0.25) is 0 Å². The summed E-state index contributed by atoms with van der Waals surface area (Å²) in [5.41, 5.74) is 7.92. The van der Waals surface area contributed by atoms with Crippen molar-refractivity contribution in [2.24, 2.45) is 5.73 Å². The summed E-state index contributed by atoms with van der Waals surface area (Å²) >= 11 is 0. The highest BCUT2D eigenvalue weighted by molar-refractivity contribution is 6.00. The number of para-hydroxylation sites is 1. The monoisotopic (exact) mass is 455 g/mol. The van der Waals surface area contributed by atoms with E-state index in [4.69, 9.17) is 15.6 Å². The van der Waals surface area contributed by atoms with Gasteiger partial charge in [-0.1, -0.05) is 31.0 Å². The van der Waals surface area contributed by atoms with Crippen molar-refractivity contribution in [2.75, 3.05) is 11.4 Å². The molecule has 0 radical (unpaired) electrons. The number of nitrogens with two attached hydrogens (primary N) is 1. The first kappa shape index (κ1) is 22.0. The van der Waals surface area contributed by atoms with E-state index in [1.807, 2.05) is 83.7 Å². The summed E-state index contributed by atoms with van der Waals surface area (Å²) in [4.78, 5) is 13.8. The molecule has 0 spiro atoms. The Balaban J connectivity index is 1.31. The van der Waals surface area contributed by atoms with Crippen molar-refractivity contribution in [1.82, 2.24) is 15.1 Å². The van der Waals surface area contributed by atoms with Gasteiger partial charge in [0.25, 0.3) is 0 Å². The maximum Gasteiger partial charge on any atom is 0.323 e. The molecule has 1 saturated carbocycles. The zero-order chi connectivity index (χ0) is 23.3.